The fourth-order valence-corrected chi connectivity index (χ4v) is 4.55. The van der Waals surface area contributed by atoms with Crippen LogP contribution in [0.25, 0.3) is 0 Å². The lowest BCUT2D eigenvalue weighted by Crippen LogP contribution is -2.12. The molecule has 2 aromatic rings. The fraction of sp³-hybridized carbons (Fsp3) is 0.286. The first kappa shape index (κ1) is 15.8. The minimum absolute atomic E-state index is 0.302. The zero-order valence-corrected chi connectivity index (χ0v) is 13.8. The van der Waals surface area contributed by atoms with Crippen molar-refractivity contribution in [3.63, 3.8) is 0 Å². The van der Waals surface area contributed by atoms with E-state index in [1.165, 1.54) is 18.4 Å². The van der Waals surface area contributed by atoms with Crippen LogP contribution in [0.1, 0.15) is 10.4 Å². The quantitative estimate of drug-likeness (QED) is 0.856. The molecule has 0 atom stereocenters. The number of anilines is 1. The van der Waals surface area contributed by atoms with Crippen molar-refractivity contribution < 1.29 is 13.2 Å². The monoisotopic (exact) mass is 326 g/mol. The van der Waals surface area contributed by atoms with Crippen LogP contribution in [-0.2, 0) is 16.6 Å². The maximum absolute atomic E-state index is 12.5. The molecule has 5 nitrogen and oxygen atoms in total. The highest BCUT2D eigenvalue weighted by Crippen LogP contribution is 2.30. The molecule has 0 bridgehead atoms. The van der Waals surface area contributed by atoms with Crippen molar-refractivity contribution in [3.05, 3.63) is 40.8 Å². The van der Waals surface area contributed by atoms with E-state index in [9.17, 15) is 8.42 Å². The van der Waals surface area contributed by atoms with Crippen molar-refractivity contribution >= 4 is 27.0 Å². The first-order valence-corrected chi connectivity index (χ1v) is 8.67. The van der Waals surface area contributed by atoms with Gasteiger partial charge < -0.3 is 10.1 Å². The third kappa shape index (κ3) is 3.55. The predicted molar refractivity (Wildman–Crippen MR) is 85.6 cm³/mol. The molecule has 0 aliphatic rings. The van der Waals surface area contributed by atoms with Crippen LogP contribution >= 0.6 is 11.3 Å². The van der Waals surface area contributed by atoms with E-state index in [1.54, 1.807) is 30.3 Å². The second kappa shape index (κ2) is 6.46. The number of benzene rings is 1. The molecule has 0 saturated carbocycles. The molecule has 0 aliphatic heterocycles. The molecule has 0 fully saturated rings. The number of thiophene rings is 1. The molecule has 21 heavy (non-hydrogen) atoms. The summed E-state index contributed by atoms with van der Waals surface area (Å²) in [4.78, 5) is 1.01. The normalized spacial score (nSPS) is 11.4. The van der Waals surface area contributed by atoms with Gasteiger partial charge in [0.15, 0.2) is 0 Å². The van der Waals surface area contributed by atoms with Gasteiger partial charge in [0.2, 0.25) is 0 Å². The van der Waals surface area contributed by atoms with Gasteiger partial charge in [0.05, 0.1) is 12.8 Å². The van der Waals surface area contributed by atoms with E-state index in [4.69, 9.17) is 4.74 Å². The largest absolute Gasteiger partial charge is 0.495 e. The van der Waals surface area contributed by atoms with Crippen LogP contribution < -0.4 is 14.8 Å². The maximum Gasteiger partial charge on any atom is 0.271 e. The SMILES string of the molecule is CNCc1sc(S(=O)(=O)Nc2ccccc2OC)cc1C. The number of ether oxygens (including phenoxy) is 1. The third-order valence-electron chi connectivity index (χ3n) is 2.95. The van der Waals surface area contributed by atoms with Crippen LogP contribution in [0.15, 0.2) is 34.5 Å². The zero-order valence-electron chi connectivity index (χ0n) is 12.1. The van der Waals surface area contributed by atoms with Crippen molar-refractivity contribution in [2.45, 2.75) is 17.7 Å². The van der Waals surface area contributed by atoms with E-state index in [0.29, 0.717) is 22.2 Å². The average molecular weight is 326 g/mol. The molecule has 1 aromatic carbocycles. The standard InChI is InChI=1S/C14H18N2O3S2/c1-10-8-14(20-13(10)9-15-2)21(17,18)16-11-6-4-5-7-12(11)19-3/h4-8,15-16H,9H2,1-3H3. The van der Waals surface area contributed by atoms with Crippen molar-refractivity contribution in [1.82, 2.24) is 5.32 Å². The number of rotatable bonds is 6. The lowest BCUT2D eigenvalue weighted by Gasteiger charge is -2.10. The Morgan fingerprint density at radius 3 is 2.67 bits per heavy atom. The van der Waals surface area contributed by atoms with Gasteiger partial charge in [-0.25, -0.2) is 8.42 Å². The molecule has 0 radical (unpaired) electrons. The van der Waals surface area contributed by atoms with Crippen LogP contribution in [0, 0.1) is 6.92 Å². The Balaban J connectivity index is 2.32. The summed E-state index contributed by atoms with van der Waals surface area (Å²) in [6, 6.07) is 8.62. The molecule has 0 amide bonds. The van der Waals surface area contributed by atoms with E-state index in [1.807, 2.05) is 14.0 Å². The lowest BCUT2D eigenvalue weighted by molar-refractivity contribution is 0.417. The molecule has 7 heteroatoms. The summed E-state index contributed by atoms with van der Waals surface area (Å²) < 4.78 is 33.0. The summed E-state index contributed by atoms with van der Waals surface area (Å²) in [5, 5.41) is 3.03. The Hall–Kier alpha value is -1.57. The molecule has 0 saturated heterocycles. The Kier molecular flexibility index (Phi) is 4.87. The Morgan fingerprint density at radius 1 is 1.29 bits per heavy atom. The van der Waals surface area contributed by atoms with Crippen molar-refractivity contribution in [1.29, 1.82) is 0 Å². The van der Waals surface area contributed by atoms with Crippen LogP contribution in [0.5, 0.6) is 5.75 Å². The van der Waals surface area contributed by atoms with Gasteiger partial charge in [0, 0.05) is 11.4 Å². The van der Waals surface area contributed by atoms with E-state index in [-0.39, 0.29) is 0 Å². The first-order chi connectivity index (χ1) is 9.97. The molecule has 114 valence electrons. The number of nitrogens with one attached hydrogen (secondary N) is 2. The molecule has 0 spiro atoms. The maximum atomic E-state index is 12.5. The number of sulfonamides is 1. The third-order valence-corrected chi connectivity index (χ3v) is 6.03. The second-order valence-corrected chi connectivity index (χ2v) is 7.55. The average Bonchev–Trinajstić information content (AvgIpc) is 2.82. The zero-order chi connectivity index (χ0) is 15.5. The first-order valence-electron chi connectivity index (χ1n) is 6.37. The summed E-state index contributed by atoms with van der Waals surface area (Å²) in [5.74, 6) is 0.491. The van der Waals surface area contributed by atoms with Crippen molar-refractivity contribution in [2.75, 3.05) is 18.9 Å². The Labute approximate surface area is 129 Å². The molecule has 0 aliphatic carbocycles. The summed E-state index contributed by atoms with van der Waals surface area (Å²) in [5.41, 5.74) is 1.40. The van der Waals surface area contributed by atoms with Gasteiger partial charge in [0.25, 0.3) is 10.0 Å². The van der Waals surface area contributed by atoms with Crippen LogP contribution in [0.4, 0.5) is 5.69 Å². The fourth-order valence-electron chi connectivity index (χ4n) is 1.88. The number of methoxy groups -OCH3 is 1. The van der Waals surface area contributed by atoms with E-state index < -0.39 is 10.0 Å². The molecular formula is C14H18N2O3S2. The van der Waals surface area contributed by atoms with Crippen LogP contribution in [0.2, 0.25) is 0 Å². The van der Waals surface area contributed by atoms with Gasteiger partial charge in [-0.2, -0.15) is 0 Å². The summed E-state index contributed by atoms with van der Waals surface area (Å²) in [6.45, 7) is 2.56. The number of hydrogen-bond donors (Lipinski definition) is 2. The topological polar surface area (TPSA) is 67.4 Å². The number of hydrogen-bond acceptors (Lipinski definition) is 5. The Bertz CT molecular complexity index is 724. The van der Waals surface area contributed by atoms with Gasteiger partial charge in [-0.1, -0.05) is 12.1 Å². The van der Waals surface area contributed by atoms with E-state index in [2.05, 4.69) is 10.0 Å². The summed E-state index contributed by atoms with van der Waals surface area (Å²) in [6.07, 6.45) is 0. The molecule has 2 rings (SSSR count). The van der Waals surface area contributed by atoms with Crippen molar-refractivity contribution in [2.24, 2.45) is 0 Å². The number of para-hydroxylation sites is 2. The van der Waals surface area contributed by atoms with Gasteiger partial charge in [-0.3, -0.25) is 4.72 Å². The van der Waals surface area contributed by atoms with Gasteiger partial charge in [-0.15, -0.1) is 11.3 Å². The van der Waals surface area contributed by atoms with E-state index in [0.717, 1.165) is 10.4 Å². The minimum Gasteiger partial charge on any atom is -0.495 e. The van der Waals surface area contributed by atoms with E-state index >= 15 is 0 Å². The molecule has 2 N–H and O–H groups in total. The van der Waals surface area contributed by atoms with Gasteiger partial charge in [-0.05, 0) is 37.7 Å². The smallest absolute Gasteiger partial charge is 0.271 e. The molecule has 0 unspecified atom stereocenters. The predicted octanol–water partition coefficient (Wildman–Crippen LogP) is 2.59. The second-order valence-electron chi connectivity index (χ2n) is 4.51. The molecule has 1 heterocycles. The van der Waals surface area contributed by atoms with Crippen LogP contribution in [-0.4, -0.2) is 22.6 Å². The van der Waals surface area contributed by atoms with Crippen molar-refractivity contribution in [3.8, 4) is 5.75 Å². The minimum atomic E-state index is -3.61. The highest BCUT2D eigenvalue weighted by Gasteiger charge is 2.20. The highest BCUT2D eigenvalue weighted by molar-refractivity contribution is 7.94. The highest BCUT2D eigenvalue weighted by atomic mass is 32.2. The number of aryl methyl sites for hydroxylation is 1. The summed E-state index contributed by atoms with van der Waals surface area (Å²) in [7, 11) is -0.264. The van der Waals surface area contributed by atoms with Gasteiger partial charge in [0.1, 0.15) is 9.96 Å². The molecule has 1 aromatic heterocycles. The lowest BCUT2D eigenvalue weighted by atomic mass is 10.3. The summed E-state index contributed by atoms with van der Waals surface area (Å²) >= 11 is 1.27. The molecular weight excluding hydrogens is 308 g/mol. The van der Waals surface area contributed by atoms with Crippen LogP contribution in [0.3, 0.4) is 0 Å². The van der Waals surface area contributed by atoms with Gasteiger partial charge >= 0.3 is 0 Å². The Morgan fingerprint density at radius 2 is 2.00 bits per heavy atom.